The third kappa shape index (κ3) is 4.45. The van der Waals surface area contributed by atoms with E-state index in [1.165, 1.54) is 31.6 Å². The molecular formula is C18H15F3N4O2S. The number of carbonyl (C=O) groups is 1. The number of amides is 1. The number of para-hydroxylation sites is 3. The Morgan fingerprint density at radius 1 is 1.18 bits per heavy atom. The number of nitrogens with one attached hydrogen (secondary N) is 1. The van der Waals surface area contributed by atoms with E-state index in [4.69, 9.17) is 4.74 Å². The number of ether oxygens (including phenoxy) is 1. The summed E-state index contributed by atoms with van der Waals surface area (Å²) < 4.78 is 46.0. The van der Waals surface area contributed by atoms with Crippen molar-refractivity contribution in [2.24, 2.45) is 0 Å². The van der Waals surface area contributed by atoms with Crippen LogP contribution in [-0.2, 0) is 11.0 Å². The molecule has 1 aromatic heterocycles. The Kier molecular flexibility index (Phi) is 5.88. The van der Waals surface area contributed by atoms with Crippen molar-refractivity contribution in [2.75, 3.05) is 18.2 Å². The van der Waals surface area contributed by atoms with Crippen LogP contribution in [0.5, 0.6) is 5.75 Å². The number of rotatable bonds is 6. The predicted molar refractivity (Wildman–Crippen MR) is 98.7 cm³/mol. The lowest BCUT2D eigenvalue weighted by molar-refractivity contribution is -0.137. The molecule has 3 aromatic rings. The largest absolute Gasteiger partial charge is 0.495 e. The number of nitrogens with zero attached hydrogens (tertiary/aromatic N) is 3. The van der Waals surface area contributed by atoms with Gasteiger partial charge >= 0.3 is 6.18 Å². The van der Waals surface area contributed by atoms with Gasteiger partial charge < -0.3 is 10.1 Å². The molecule has 0 saturated carbocycles. The van der Waals surface area contributed by atoms with Gasteiger partial charge in [-0.1, -0.05) is 36.0 Å². The molecule has 0 saturated heterocycles. The number of thioether (sulfide) groups is 1. The highest BCUT2D eigenvalue weighted by Crippen LogP contribution is 2.34. The number of methoxy groups -OCH3 is 1. The maximum atomic E-state index is 13.0. The number of anilines is 1. The van der Waals surface area contributed by atoms with E-state index in [1.807, 2.05) is 12.1 Å². The van der Waals surface area contributed by atoms with E-state index < -0.39 is 17.6 Å². The summed E-state index contributed by atoms with van der Waals surface area (Å²) >= 11 is 1.05. The standard InChI is InChI=1S/C18H15F3N4O2S/c1-27-15-9-5-4-8-14(15)25-11-22-24-17(25)28-10-16(26)23-13-7-3-2-6-12(13)18(19,20)21/h2-9,11H,10H2,1H3,(H,23,26). The summed E-state index contributed by atoms with van der Waals surface area (Å²) in [4.78, 5) is 12.2. The van der Waals surface area contributed by atoms with Crippen molar-refractivity contribution in [3.8, 4) is 11.4 Å². The third-order valence-corrected chi connectivity index (χ3v) is 4.64. The van der Waals surface area contributed by atoms with Crippen molar-refractivity contribution >= 4 is 23.4 Å². The van der Waals surface area contributed by atoms with Gasteiger partial charge in [0.2, 0.25) is 5.91 Å². The second-order valence-corrected chi connectivity index (χ2v) is 6.48. The van der Waals surface area contributed by atoms with Crippen molar-refractivity contribution in [3.05, 3.63) is 60.4 Å². The Morgan fingerprint density at radius 2 is 1.89 bits per heavy atom. The summed E-state index contributed by atoms with van der Waals surface area (Å²) in [7, 11) is 1.53. The Balaban J connectivity index is 1.71. The molecule has 2 aromatic carbocycles. The molecule has 0 unspecified atom stereocenters. The molecule has 1 amide bonds. The van der Waals surface area contributed by atoms with Crippen LogP contribution in [0.4, 0.5) is 18.9 Å². The molecule has 28 heavy (non-hydrogen) atoms. The summed E-state index contributed by atoms with van der Waals surface area (Å²) in [5.41, 5.74) is -0.502. The van der Waals surface area contributed by atoms with Gasteiger partial charge in [0.1, 0.15) is 12.1 Å². The topological polar surface area (TPSA) is 69.0 Å². The number of alkyl halides is 3. The van der Waals surface area contributed by atoms with Gasteiger partial charge in [0, 0.05) is 0 Å². The number of hydrogen-bond donors (Lipinski definition) is 1. The molecule has 0 aliphatic heterocycles. The lowest BCUT2D eigenvalue weighted by atomic mass is 10.1. The van der Waals surface area contributed by atoms with Crippen molar-refractivity contribution in [3.63, 3.8) is 0 Å². The van der Waals surface area contributed by atoms with E-state index in [2.05, 4.69) is 15.5 Å². The van der Waals surface area contributed by atoms with E-state index in [0.717, 1.165) is 17.8 Å². The minimum Gasteiger partial charge on any atom is -0.495 e. The SMILES string of the molecule is COc1ccccc1-n1cnnc1SCC(=O)Nc1ccccc1C(F)(F)F. The molecule has 10 heteroatoms. The molecule has 0 spiro atoms. The molecule has 1 heterocycles. The molecule has 6 nitrogen and oxygen atoms in total. The fourth-order valence-electron chi connectivity index (χ4n) is 2.47. The quantitative estimate of drug-likeness (QED) is 0.624. The number of aromatic nitrogens is 3. The first-order valence-electron chi connectivity index (χ1n) is 8.02. The van der Waals surface area contributed by atoms with Crippen molar-refractivity contribution < 1.29 is 22.7 Å². The van der Waals surface area contributed by atoms with Crippen molar-refractivity contribution in [1.82, 2.24) is 14.8 Å². The monoisotopic (exact) mass is 408 g/mol. The summed E-state index contributed by atoms with van der Waals surface area (Å²) in [6.07, 6.45) is -3.09. The number of benzene rings is 2. The molecule has 0 aliphatic carbocycles. The molecule has 146 valence electrons. The summed E-state index contributed by atoms with van der Waals surface area (Å²) in [6.45, 7) is 0. The van der Waals surface area contributed by atoms with Gasteiger partial charge in [-0.25, -0.2) is 0 Å². The summed E-state index contributed by atoms with van der Waals surface area (Å²) in [6, 6.07) is 12.0. The average Bonchev–Trinajstić information content (AvgIpc) is 3.14. The second-order valence-electron chi connectivity index (χ2n) is 5.54. The fraction of sp³-hybridized carbons (Fsp3) is 0.167. The molecule has 0 fully saturated rings. The molecule has 3 rings (SSSR count). The molecule has 0 atom stereocenters. The van der Waals surface area contributed by atoms with E-state index in [1.54, 1.807) is 16.7 Å². The minimum absolute atomic E-state index is 0.139. The van der Waals surface area contributed by atoms with Crippen molar-refractivity contribution in [2.45, 2.75) is 11.3 Å². The normalized spacial score (nSPS) is 11.3. The maximum Gasteiger partial charge on any atom is 0.418 e. The zero-order valence-electron chi connectivity index (χ0n) is 14.6. The molecule has 1 N–H and O–H groups in total. The van der Waals surface area contributed by atoms with Crippen LogP contribution in [0.3, 0.4) is 0 Å². The number of carbonyl (C=O) groups excluding carboxylic acids is 1. The number of halogens is 3. The maximum absolute atomic E-state index is 13.0. The first kappa shape index (κ1) is 19.7. The Bertz CT molecular complexity index is 975. The van der Waals surface area contributed by atoms with Crippen LogP contribution in [-0.4, -0.2) is 33.5 Å². The smallest absolute Gasteiger partial charge is 0.418 e. The first-order chi connectivity index (χ1) is 13.4. The van der Waals surface area contributed by atoms with Crippen LogP contribution >= 0.6 is 11.8 Å². The lowest BCUT2D eigenvalue weighted by Crippen LogP contribution is -2.18. The Hall–Kier alpha value is -3.01. The van der Waals surface area contributed by atoms with E-state index in [0.29, 0.717) is 16.6 Å². The zero-order valence-corrected chi connectivity index (χ0v) is 15.4. The first-order valence-corrected chi connectivity index (χ1v) is 9.01. The average molecular weight is 408 g/mol. The van der Waals surface area contributed by atoms with Gasteiger partial charge in [0.05, 0.1) is 29.8 Å². The van der Waals surface area contributed by atoms with Gasteiger partial charge in [-0.2, -0.15) is 13.2 Å². The number of hydrogen-bond acceptors (Lipinski definition) is 5. The molecule has 0 aliphatic rings. The highest BCUT2D eigenvalue weighted by Gasteiger charge is 2.33. The van der Waals surface area contributed by atoms with Crippen LogP contribution in [0.1, 0.15) is 5.56 Å². The lowest BCUT2D eigenvalue weighted by Gasteiger charge is -2.13. The Morgan fingerprint density at radius 3 is 2.64 bits per heavy atom. The second kappa shape index (κ2) is 8.34. The summed E-state index contributed by atoms with van der Waals surface area (Å²) in [5, 5.41) is 10.5. The molecular weight excluding hydrogens is 393 g/mol. The van der Waals surface area contributed by atoms with Crippen molar-refractivity contribution in [1.29, 1.82) is 0 Å². The molecule has 0 radical (unpaired) electrons. The highest BCUT2D eigenvalue weighted by molar-refractivity contribution is 7.99. The predicted octanol–water partition coefficient (Wildman–Crippen LogP) is 4.03. The van der Waals surface area contributed by atoms with Gasteiger partial charge in [-0.15, -0.1) is 10.2 Å². The van der Waals surface area contributed by atoms with E-state index in [-0.39, 0.29) is 11.4 Å². The summed E-state index contributed by atoms with van der Waals surface area (Å²) in [5.74, 6) is -0.135. The van der Waals surface area contributed by atoms with Gasteiger partial charge in [-0.05, 0) is 24.3 Å². The van der Waals surface area contributed by atoms with Crippen LogP contribution in [0, 0.1) is 0 Å². The van der Waals surface area contributed by atoms with E-state index >= 15 is 0 Å². The molecule has 0 bridgehead atoms. The van der Waals surface area contributed by atoms with Crippen LogP contribution in [0.25, 0.3) is 5.69 Å². The van der Waals surface area contributed by atoms with Gasteiger partial charge in [0.15, 0.2) is 5.16 Å². The fourth-order valence-corrected chi connectivity index (χ4v) is 3.19. The van der Waals surface area contributed by atoms with Crippen LogP contribution < -0.4 is 10.1 Å². The highest BCUT2D eigenvalue weighted by atomic mass is 32.2. The third-order valence-electron chi connectivity index (χ3n) is 3.70. The van der Waals surface area contributed by atoms with Gasteiger partial charge in [0.25, 0.3) is 0 Å². The van der Waals surface area contributed by atoms with Crippen LogP contribution in [0.15, 0.2) is 60.0 Å². The van der Waals surface area contributed by atoms with E-state index in [9.17, 15) is 18.0 Å². The Labute approximate surface area is 162 Å². The minimum atomic E-state index is -4.55. The zero-order chi connectivity index (χ0) is 20.1. The van der Waals surface area contributed by atoms with Gasteiger partial charge in [-0.3, -0.25) is 9.36 Å². The van der Waals surface area contributed by atoms with Crippen LogP contribution in [0.2, 0.25) is 0 Å².